The summed E-state index contributed by atoms with van der Waals surface area (Å²) in [7, 11) is 1.74. The minimum atomic E-state index is -0.0976. The van der Waals surface area contributed by atoms with E-state index in [0.717, 1.165) is 11.1 Å². The molecular weight excluding hydrogens is 228 g/mol. The van der Waals surface area contributed by atoms with Gasteiger partial charge < -0.3 is 11.1 Å². The number of carbonyl (C=O) groups excluding carboxylic acids is 1. The monoisotopic (exact) mass is 244 g/mol. The van der Waals surface area contributed by atoms with Crippen LogP contribution in [-0.4, -0.2) is 15.7 Å². The lowest BCUT2D eigenvalue weighted by Gasteiger charge is -2.08. The van der Waals surface area contributed by atoms with E-state index in [1.165, 1.54) is 6.20 Å². The van der Waals surface area contributed by atoms with E-state index in [0.29, 0.717) is 17.9 Å². The van der Waals surface area contributed by atoms with E-state index >= 15 is 0 Å². The van der Waals surface area contributed by atoms with Crippen molar-refractivity contribution in [2.24, 2.45) is 7.05 Å². The molecule has 0 fully saturated rings. The summed E-state index contributed by atoms with van der Waals surface area (Å²) in [6.45, 7) is 1.99. The van der Waals surface area contributed by atoms with Crippen molar-refractivity contribution in [3.8, 4) is 0 Å². The second-order valence-corrected chi connectivity index (χ2v) is 4.22. The number of hydrogen-bond donors (Lipinski definition) is 2. The largest absolute Gasteiger partial charge is 0.394 e. The van der Waals surface area contributed by atoms with Crippen molar-refractivity contribution in [1.82, 2.24) is 9.78 Å². The van der Waals surface area contributed by atoms with Gasteiger partial charge in [-0.25, -0.2) is 0 Å². The Labute approximate surface area is 106 Å². The van der Waals surface area contributed by atoms with Crippen molar-refractivity contribution in [2.45, 2.75) is 13.3 Å². The molecule has 3 N–H and O–H groups in total. The second kappa shape index (κ2) is 4.91. The van der Waals surface area contributed by atoms with Crippen molar-refractivity contribution in [1.29, 1.82) is 0 Å². The SMILES string of the molecule is Cc1ccccc1CC(=O)Nc1c(N)cnn1C. The topological polar surface area (TPSA) is 72.9 Å². The van der Waals surface area contributed by atoms with Crippen LogP contribution < -0.4 is 11.1 Å². The third kappa shape index (κ3) is 2.51. The van der Waals surface area contributed by atoms with Crippen molar-refractivity contribution in [3.63, 3.8) is 0 Å². The highest BCUT2D eigenvalue weighted by atomic mass is 16.1. The number of rotatable bonds is 3. The van der Waals surface area contributed by atoms with Gasteiger partial charge in [-0.3, -0.25) is 9.48 Å². The van der Waals surface area contributed by atoms with Gasteiger partial charge in [0.2, 0.25) is 5.91 Å². The lowest BCUT2D eigenvalue weighted by molar-refractivity contribution is -0.115. The Morgan fingerprint density at radius 1 is 1.44 bits per heavy atom. The molecule has 94 valence electrons. The highest BCUT2D eigenvalue weighted by molar-refractivity contribution is 5.94. The number of nitrogens with one attached hydrogen (secondary N) is 1. The van der Waals surface area contributed by atoms with Crippen LogP contribution in [-0.2, 0) is 18.3 Å². The van der Waals surface area contributed by atoms with Crippen LogP contribution in [0.5, 0.6) is 0 Å². The number of nitrogens with zero attached hydrogens (tertiary/aromatic N) is 2. The molecule has 2 rings (SSSR count). The number of aromatic nitrogens is 2. The van der Waals surface area contributed by atoms with Crippen LogP contribution in [0, 0.1) is 6.92 Å². The van der Waals surface area contributed by atoms with Crippen LogP contribution in [0.25, 0.3) is 0 Å². The van der Waals surface area contributed by atoms with E-state index in [4.69, 9.17) is 5.73 Å². The summed E-state index contributed by atoms with van der Waals surface area (Å²) in [6.07, 6.45) is 1.85. The minimum absolute atomic E-state index is 0.0976. The van der Waals surface area contributed by atoms with Gasteiger partial charge in [0.15, 0.2) is 5.82 Å². The molecule has 0 saturated carbocycles. The molecule has 2 aromatic rings. The smallest absolute Gasteiger partial charge is 0.230 e. The normalized spacial score (nSPS) is 10.3. The van der Waals surface area contributed by atoms with E-state index in [1.807, 2.05) is 31.2 Å². The van der Waals surface area contributed by atoms with E-state index in [-0.39, 0.29) is 5.91 Å². The van der Waals surface area contributed by atoms with Crippen LogP contribution in [0.4, 0.5) is 11.5 Å². The molecule has 5 heteroatoms. The molecule has 18 heavy (non-hydrogen) atoms. The standard InChI is InChI=1S/C13H16N4O/c1-9-5-3-4-6-10(9)7-12(18)16-13-11(14)8-15-17(13)2/h3-6,8H,7,14H2,1-2H3,(H,16,18). The first-order chi connectivity index (χ1) is 8.58. The molecule has 0 bridgehead atoms. The Hall–Kier alpha value is -2.30. The molecule has 1 amide bonds. The summed E-state index contributed by atoms with van der Waals surface area (Å²) >= 11 is 0. The number of hydrogen-bond acceptors (Lipinski definition) is 3. The molecule has 0 spiro atoms. The first-order valence-electron chi connectivity index (χ1n) is 5.69. The van der Waals surface area contributed by atoms with Gasteiger partial charge in [-0.1, -0.05) is 24.3 Å². The number of benzene rings is 1. The summed E-state index contributed by atoms with van der Waals surface area (Å²) in [6, 6.07) is 7.81. The van der Waals surface area contributed by atoms with E-state index in [1.54, 1.807) is 11.7 Å². The summed E-state index contributed by atoms with van der Waals surface area (Å²) < 4.78 is 1.55. The zero-order chi connectivity index (χ0) is 13.1. The van der Waals surface area contributed by atoms with Gasteiger partial charge in [-0.2, -0.15) is 5.10 Å². The zero-order valence-electron chi connectivity index (χ0n) is 10.5. The third-order valence-electron chi connectivity index (χ3n) is 2.84. The molecule has 5 nitrogen and oxygen atoms in total. The van der Waals surface area contributed by atoms with Crippen LogP contribution >= 0.6 is 0 Å². The van der Waals surface area contributed by atoms with Crippen molar-refractivity contribution in [3.05, 3.63) is 41.6 Å². The summed E-state index contributed by atoms with van der Waals surface area (Å²) in [5, 5.41) is 6.74. The van der Waals surface area contributed by atoms with Gasteiger partial charge in [-0.15, -0.1) is 0 Å². The number of amides is 1. The quantitative estimate of drug-likeness (QED) is 0.859. The van der Waals surface area contributed by atoms with Crippen molar-refractivity contribution in [2.75, 3.05) is 11.1 Å². The zero-order valence-corrected chi connectivity index (χ0v) is 10.5. The molecule has 0 unspecified atom stereocenters. The molecular formula is C13H16N4O. The third-order valence-corrected chi connectivity index (χ3v) is 2.84. The molecule has 0 saturated heterocycles. The predicted molar refractivity (Wildman–Crippen MR) is 71.1 cm³/mol. The van der Waals surface area contributed by atoms with Crippen molar-refractivity contribution < 1.29 is 4.79 Å². The van der Waals surface area contributed by atoms with Gasteiger partial charge in [0.1, 0.15) is 0 Å². The van der Waals surface area contributed by atoms with E-state index in [2.05, 4.69) is 10.4 Å². The second-order valence-electron chi connectivity index (χ2n) is 4.22. The first-order valence-corrected chi connectivity index (χ1v) is 5.69. The average molecular weight is 244 g/mol. The Balaban J connectivity index is 2.08. The Morgan fingerprint density at radius 3 is 2.78 bits per heavy atom. The van der Waals surface area contributed by atoms with Crippen LogP contribution in [0.1, 0.15) is 11.1 Å². The van der Waals surface area contributed by atoms with Gasteiger partial charge in [-0.05, 0) is 18.1 Å². The van der Waals surface area contributed by atoms with Crippen LogP contribution in [0.2, 0.25) is 0 Å². The fraction of sp³-hybridized carbons (Fsp3) is 0.231. The fourth-order valence-corrected chi connectivity index (χ4v) is 1.77. The predicted octanol–water partition coefficient (Wildman–Crippen LogP) is 1.49. The number of nitrogens with two attached hydrogens (primary N) is 1. The molecule has 0 aliphatic carbocycles. The fourth-order valence-electron chi connectivity index (χ4n) is 1.77. The lowest BCUT2D eigenvalue weighted by atomic mass is 10.1. The van der Waals surface area contributed by atoms with E-state index in [9.17, 15) is 4.79 Å². The van der Waals surface area contributed by atoms with Gasteiger partial charge in [0, 0.05) is 7.05 Å². The molecule has 0 aliphatic heterocycles. The molecule has 0 aliphatic rings. The first kappa shape index (κ1) is 12.2. The van der Waals surface area contributed by atoms with Crippen LogP contribution in [0.15, 0.2) is 30.5 Å². The highest BCUT2D eigenvalue weighted by Crippen LogP contribution is 2.16. The maximum Gasteiger partial charge on any atom is 0.230 e. The number of anilines is 2. The molecule has 1 aromatic carbocycles. The minimum Gasteiger partial charge on any atom is -0.394 e. The Bertz CT molecular complexity index is 555. The average Bonchev–Trinajstić information content (AvgIpc) is 2.64. The van der Waals surface area contributed by atoms with E-state index < -0.39 is 0 Å². The van der Waals surface area contributed by atoms with Gasteiger partial charge in [0.25, 0.3) is 0 Å². The summed E-state index contributed by atoms with van der Waals surface area (Å²) in [5.74, 6) is 0.438. The molecule has 1 aromatic heterocycles. The summed E-state index contributed by atoms with van der Waals surface area (Å²) in [5.41, 5.74) is 8.30. The van der Waals surface area contributed by atoms with Crippen molar-refractivity contribution >= 4 is 17.4 Å². The lowest BCUT2D eigenvalue weighted by Crippen LogP contribution is -2.18. The maximum atomic E-state index is 11.9. The van der Waals surface area contributed by atoms with Gasteiger partial charge in [0.05, 0.1) is 18.3 Å². The van der Waals surface area contributed by atoms with Gasteiger partial charge >= 0.3 is 0 Å². The molecule has 0 atom stereocenters. The number of nitrogen functional groups attached to an aromatic ring is 1. The number of carbonyl (C=O) groups is 1. The maximum absolute atomic E-state index is 11.9. The number of aryl methyl sites for hydroxylation is 2. The Morgan fingerprint density at radius 2 is 2.17 bits per heavy atom. The van der Waals surface area contributed by atoms with Crippen LogP contribution in [0.3, 0.4) is 0 Å². The highest BCUT2D eigenvalue weighted by Gasteiger charge is 2.10. The summed E-state index contributed by atoms with van der Waals surface area (Å²) in [4.78, 5) is 11.9. The Kier molecular flexibility index (Phi) is 3.32. The molecule has 1 heterocycles. The molecule has 0 radical (unpaired) electrons.